The Morgan fingerprint density at radius 3 is 2.43 bits per heavy atom. The van der Waals surface area contributed by atoms with E-state index in [2.05, 4.69) is 15.4 Å². The van der Waals surface area contributed by atoms with Gasteiger partial charge in [-0.2, -0.15) is 0 Å². The summed E-state index contributed by atoms with van der Waals surface area (Å²) in [5, 5.41) is 36.4. The highest BCUT2D eigenvalue weighted by Crippen LogP contribution is 2.33. The van der Waals surface area contributed by atoms with Gasteiger partial charge in [0.25, 0.3) is 5.79 Å². The summed E-state index contributed by atoms with van der Waals surface area (Å²) in [7, 11) is 3.76. The van der Waals surface area contributed by atoms with Gasteiger partial charge in [-0.05, 0) is 6.42 Å². The van der Waals surface area contributed by atoms with Crippen molar-refractivity contribution in [1.29, 1.82) is 0 Å². The summed E-state index contributed by atoms with van der Waals surface area (Å²) in [6.07, 6.45) is -5.77. The summed E-state index contributed by atoms with van der Waals surface area (Å²) in [6.45, 7) is 1.27. The number of carbonyl (C=O) groups excluding carboxylic acids is 3. The van der Waals surface area contributed by atoms with Crippen LogP contribution in [0.2, 0.25) is 0 Å². The number of hydrogen-bond donors (Lipinski definition) is 5. The van der Waals surface area contributed by atoms with Gasteiger partial charge in [-0.1, -0.05) is 0 Å². The zero-order valence-corrected chi connectivity index (χ0v) is 17.6. The van der Waals surface area contributed by atoms with Crippen LogP contribution in [0.1, 0.15) is 26.2 Å². The van der Waals surface area contributed by atoms with E-state index in [9.17, 15) is 29.7 Å². The molecule has 1 rings (SSSR count). The van der Waals surface area contributed by atoms with Gasteiger partial charge in [0.05, 0.1) is 25.4 Å². The molecule has 0 aromatic rings. The van der Waals surface area contributed by atoms with Gasteiger partial charge in [-0.15, -0.1) is 0 Å². The Kier molecular flexibility index (Phi) is 10.6. The molecule has 0 radical (unpaired) electrons. The van der Waals surface area contributed by atoms with E-state index in [0.29, 0.717) is 13.0 Å². The van der Waals surface area contributed by atoms with Crippen LogP contribution in [0.15, 0.2) is 0 Å². The van der Waals surface area contributed by atoms with Crippen LogP contribution in [0.25, 0.3) is 0 Å². The number of esters is 1. The second kappa shape index (κ2) is 12.1. The summed E-state index contributed by atoms with van der Waals surface area (Å²) in [5.74, 6) is -3.88. The minimum Gasteiger partial charge on any atom is -0.465 e. The lowest BCUT2D eigenvalue weighted by molar-refractivity contribution is -0.304. The molecule has 1 aliphatic rings. The van der Waals surface area contributed by atoms with Gasteiger partial charge >= 0.3 is 5.97 Å². The van der Waals surface area contributed by atoms with Gasteiger partial charge < -0.3 is 44.9 Å². The lowest BCUT2D eigenvalue weighted by Gasteiger charge is -2.46. The first-order chi connectivity index (χ1) is 14.1. The smallest absolute Gasteiger partial charge is 0.366 e. The van der Waals surface area contributed by atoms with Crippen molar-refractivity contribution in [2.45, 2.75) is 62.4 Å². The minimum absolute atomic E-state index is 0.166. The number of nitrogens with one attached hydrogen (secondary N) is 2. The fourth-order valence-corrected chi connectivity index (χ4v) is 3.18. The molecule has 1 fully saturated rings. The van der Waals surface area contributed by atoms with Crippen LogP contribution in [-0.2, 0) is 33.3 Å². The van der Waals surface area contributed by atoms with Crippen LogP contribution in [0.4, 0.5) is 0 Å². The SMILES string of the molecule is COCCCC(=O)NC[C@@H](O)[C@@H](O)C1O[C@](OC)(C(=O)OC)C[C@@H](O)[C@H]1NC(C)=O. The summed E-state index contributed by atoms with van der Waals surface area (Å²) < 4.78 is 20.3. The van der Waals surface area contributed by atoms with Crippen LogP contribution in [0, 0.1) is 0 Å². The number of methoxy groups -OCH3 is 3. The number of ether oxygens (including phenoxy) is 4. The number of rotatable bonds is 11. The normalized spacial score (nSPS) is 28.3. The van der Waals surface area contributed by atoms with E-state index >= 15 is 0 Å². The van der Waals surface area contributed by atoms with Crippen molar-refractivity contribution in [3.8, 4) is 0 Å². The molecule has 1 aliphatic heterocycles. The molecule has 30 heavy (non-hydrogen) atoms. The quantitative estimate of drug-likeness (QED) is 0.171. The molecule has 6 atom stereocenters. The molecule has 12 nitrogen and oxygen atoms in total. The maximum absolute atomic E-state index is 12.2. The third-order valence-corrected chi connectivity index (χ3v) is 4.76. The molecular weight excluding hydrogens is 404 g/mol. The van der Waals surface area contributed by atoms with Gasteiger partial charge in [0.15, 0.2) is 0 Å². The Hall–Kier alpha value is -1.83. The van der Waals surface area contributed by atoms with Gasteiger partial charge in [-0.25, -0.2) is 4.79 Å². The van der Waals surface area contributed by atoms with Crippen molar-refractivity contribution in [2.24, 2.45) is 0 Å². The first-order valence-electron chi connectivity index (χ1n) is 9.50. The Bertz CT molecular complexity index is 589. The molecule has 0 spiro atoms. The van der Waals surface area contributed by atoms with Crippen molar-refractivity contribution in [1.82, 2.24) is 10.6 Å². The molecule has 2 amide bonds. The third kappa shape index (κ3) is 6.86. The predicted molar refractivity (Wildman–Crippen MR) is 101 cm³/mol. The summed E-state index contributed by atoms with van der Waals surface area (Å²) >= 11 is 0. The Morgan fingerprint density at radius 2 is 1.90 bits per heavy atom. The largest absolute Gasteiger partial charge is 0.465 e. The van der Waals surface area contributed by atoms with E-state index in [-0.39, 0.29) is 25.3 Å². The van der Waals surface area contributed by atoms with Gasteiger partial charge in [0, 0.05) is 47.1 Å². The van der Waals surface area contributed by atoms with Crippen LogP contribution in [-0.4, -0.2) is 104 Å². The van der Waals surface area contributed by atoms with Crippen molar-refractivity contribution in [2.75, 3.05) is 34.5 Å². The fourth-order valence-electron chi connectivity index (χ4n) is 3.18. The van der Waals surface area contributed by atoms with Crippen LogP contribution in [0.3, 0.4) is 0 Å². The van der Waals surface area contributed by atoms with Crippen molar-refractivity contribution in [3.05, 3.63) is 0 Å². The average molecular weight is 436 g/mol. The number of hydrogen-bond acceptors (Lipinski definition) is 10. The average Bonchev–Trinajstić information content (AvgIpc) is 2.72. The second-order valence-electron chi connectivity index (χ2n) is 6.99. The van der Waals surface area contributed by atoms with Crippen LogP contribution in [0.5, 0.6) is 0 Å². The molecule has 5 N–H and O–H groups in total. The lowest BCUT2D eigenvalue weighted by Crippen LogP contribution is -2.68. The maximum Gasteiger partial charge on any atom is 0.366 e. The first kappa shape index (κ1) is 26.2. The van der Waals surface area contributed by atoms with Crippen molar-refractivity contribution in [3.63, 3.8) is 0 Å². The number of aliphatic hydroxyl groups excluding tert-OH is 3. The molecule has 0 aromatic heterocycles. The molecule has 12 heteroatoms. The molecule has 1 unspecified atom stereocenters. The first-order valence-corrected chi connectivity index (χ1v) is 9.50. The zero-order chi connectivity index (χ0) is 22.9. The topological polar surface area (TPSA) is 173 Å². The molecular formula is C18H32N2O10. The van der Waals surface area contributed by atoms with E-state index in [4.69, 9.17) is 14.2 Å². The molecule has 0 bridgehead atoms. The highest BCUT2D eigenvalue weighted by atomic mass is 16.7. The molecule has 0 saturated carbocycles. The minimum atomic E-state index is -2.04. The third-order valence-electron chi connectivity index (χ3n) is 4.76. The fraction of sp³-hybridized carbons (Fsp3) is 0.833. The summed E-state index contributed by atoms with van der Waals surface area (Å²) in [5.41, 5.74) is 0. The Labute approximate surface area is 174 Å². The highest BCUT2D eigenvalue weighted by molar-refractivity contribution is 5.78. The van der Waals surface area contributed by atoms with E-state index in [1.807, 2.05) is 0 Å². The zero-order valence-electron chi connectivity index (χ0n) is 17.6. The lowest BCUT2D eigenvalue weighted by atomic mass is 9.88. The Balaban J connectivity index is 2.94. The van der Waals surface area contributed by atoms with E-state index in [1.54, 1.807) is 0 Å². The number of carbonyl (C=O) groups is 3. The monoisotopic (exact) mass is 436 g/mol. The number of aliphatic hydroxyl groups is 3. The van der Waals surface area contributed by atoms with Gasteiger partial charge in [-0.3, -0.25) is 9.59 Å². The molecule has 1 heterocycles. The number of amides is 2. The second-order valence-corrected chi connectivity index (χ2v) is 6.99. The molecule has 1 saturated heterocycles. The highest BCUT2D eigenvalue weighted by Gasteiger charge is 2.55. The van der Waals surface area contributed by atoms with E-state index in [1.165, 1.54) is 14.0 Å². The Morgan fingerprint density at radius 1 is 1.23 bits per heavy atom. The molecule has 0 aliphatic carbocycles. The van der Waals surface area contributed by atoms with Crippen molar-refractivity contribution >= 4 is 17.8 Å². The van der Waals surface area contributed by atoms with Gasteiger partial charge in [0.1, 0.15) is 12.2 Å². The summed E-state index contributed by atoms with van der Waals surface area (Å²) in [4.78, 5) is 35.5. The van der Waals surface area contributed by atoms with Crippen LogP contribution >= 0.6 is 0 Å². The van der Waals surface area contributed by atoms with Crippen molar-refractivity contribution < 1.29 is 48.7 Å². The standard InChI is InChI=1S/C18H32N2O10/c1-10(21)20-14-11(22)8-18(29-4,17(26)28-3)30-16(14)15(25)12(23)9-19-13(24)6-5-7-27-2/h11-12,14-16,22-23,25H,5-9H2,1-4H3,(H,19,24)(H,20,21)/t11-,12-,14-,15-,16?,18+/m1/s1. The van der Waals surface area contributed by atoms with E-state index in [0.717, 1.165) is 14.2 Å². The maximum atomic E-state index is 12.2. The van der Waals surface area contributed by atoms with E-state index < -0.39 is 48.1 Å². The summed E-state index contributed by atoms with van der Waals surface area (Å²) in [6, 6.07) is -1.16. The molecule has 0 aromatic carbocycles. The van der Waals surface area contributed by atoms with Crippen LogP contribution < -0.4 is 10.6 Å². The predicted octanol–water partition coefficient (Wildman–Crippen LogP) is -2.58. The molecule has 174 valence electrons. The van der Waals surface area contributed by atoms with Gasteiger partial charge in [0.2, 0.25) is 11.8 Å².